The van der Waals surface area contributed by atoms with Gasteiger partial charge in [0.15, 0.2) is 0 Å². The van der Waals surface area contributed by atoms with Gasteiger partial charge in [0, 0.05) is 69.5 Å². The van der Waals surface area contributed by atoms with Gasteiger partial charge in [-0.05, 0) is 56.1 Å². The number of aromatic nitrogens is 2. The van der Waals surface area contributed by atoms with Crippen LogP contribution >= 0.6 is 0 Å². The first-order valence-corrected chi connectivity index (χ1v) is 12.4. The Morgan fingerprint density at radius 2 is 1.53 bits per heavy atom. The van der Waals surface area contributed by atoms with Crippen molar-refractivity contribution in [1.82, 2.24) is 25.1 Å². The highest BCUT2D eigenvalue weighted by Crippen LogP contribution is 2.16. The fourth-order valence-corrected chi connectivity index (χ4v) is 4.46. The number of urea groups is 1. The maximum atomic E-state index is 12.7. The number of benzene rings is 1. The van der Waals surface area contributed by atoms with Gasteiger partial charge in [0.25, 0.3) is 5.91 Å². The van der Waals surface area contributed by atoms with E-state index in [2.05, 4.69) is 30.4 Å². The van der Waals surface area contributed by atoms with Crippen LogP contribution < -0.4 is 15.5 Å². The SMILES string of the molecule is O=C(NCCCN1CCN(c2ncccn2)CC1)Nc1ccc(C(=O)N2CCCCCC2)cc1. The summed E-state index contributed by atoms with van der Waals surface area (Å²) in [6.45, 7) is 6.97. The highest BCUT2D eigenvalue weighted by molar-refractivity contribution is 5.95. The monoisotopic (exact) mass is 465 g/mol. The van der Waals surface area contributed by atoms with Crippen LogP contribution in [0.3, 0.4) is 0 Å². The molecule has 0 radical (unpaired) electrons. The smallest absolute Gasteiger partial charge is 0.319 e. The number of nitrogens with zero attached hydrogens (tertiary/aromatic N) is 5. The molecular weight excluding hydrogens is 430 g/mol. The molecule has 2 aromatic rings. The lowest BCUT2D eigenvalue weighted by Gasteiger charge is -2.34. The summed E-state index contributed by atoms with van der Waals surface area (Å²) in [4.78, 5) is 40.1. The van der Waals surface area contributed by atoms with Crippen LogP contribution in [-0.4, -0.2) is 84.1 Å². The molecule has 2 N–H and O–H groups in total. The molecule has 0 bridgehead atoms. The van der Waals surface area contributed by atoms with Gasteiger partial charge in [-0.2, -0.15) is 0 Å². The summed E-state index contributed by atoms with van der Waals surface area (Å²) >= 11 is 0. The van der Waals surface area contributed by atoms with Gasteiger partial charge in [-0.25, -0.2) is 14.8 Å². The van der Waals surface area contributed by atoms with Crippen LogP contribution in [0.4, 0.5) is 16.4 Å². The van der Waals surface area contributed by atoms with Gasteiger partial charge < -0.3 is 20.4 Å². The van der Waals surface area contributed by atoms with Crippen LogP contribution in [0.1, 0.15) is 42.5 Å². The van der Waals surface area contributed by atoms with E-state index in [-0.39, 0.29) is 11.9 Å². The van der Waals surface area contributed by atoms with Crippen LogP contribution in [0.15, 0.2) is 42.7 Å². The normalized spacial score (nSPS) is 17.2. The van der Waals surface area contributed by atoms with Gasteiger partial charge >= 0.3 is 6.03 Å². The van der Waals surface area contributed by atoms with Gasteiger partial charge in [-0.3, -0.25) is 9.69 Å². The second-order valence-corrected chi connectivity index (χ2v) is 8.90. The molecule has 0 atom stereocenters. The lowest BCUT2D eigenvalue weighted by Crippen LogP contribution is -2.47. The van der Waals surface area contributed by atoms with E-state index < -0.39 is 0 Å². The lowest BCUT2D eigenvalue weighted by molar-refractivity contribution is 0.0761. The Morgan fingerprint density at radius 3 is 2.21 bits per heavy atom. The minimum absolute atomic E-state index is 0.0787. The molecule has 0 unspecified atom stereocenters. The lowest BCUT2D eigenvalue weighted by atomic mass is 10.1. The molecule has 4 rings (SSSR count). The Hall–Kier alpha value is -3.20. The first-order valence-electron chi connectivity index (χ1n) is 12.4. The van der Waals surface area contributed by atoms with Gasteiger partial charge in [0.1, 0.15) is 0 Å². The number of anilines is 2. The predicted octanol–water partition coefficient (Wildman–Crippen LogP) is 2.83. The molecular formula is C25H35N7O2. The molecule has 2 saturated heterocycles. The summed E-state index contributed by atoms with van der Waals surface area (Å²) in [5.41, 5.74) is 1.36. The van der Waals surface area contributed by atoms with Gasteiger partial charge in [0.2, 0.25) is 5.95 Å². The fraction of sp³-hybridized carbons (Fsp3) is 0.520. The van der Waals surface area contributed by atoms with Crippen molar-refractivity contribution >= 4 is 23.6 Å². The second-order valence-electron chi connectivity index (χ2n) is 8.90. The highest BCUT2D eigenvalue weighted by atomic mass is 16.2. The Bertz CT molecular complexity index is 907. The summed E-state index contributed by atoms with van der Waals surface area (Å²) in [6, 6.07) is 8.78. The third-order valence-corrected chi connectivity index (χ3v) is 6.43. The molecule has 2 aliphatic rings. The largest absolute Gasteiger partial charge is 0.339 e. The number of piperazine rings is 1. The molecule has 0 spiro atoms. The molecule has 1 aromatic carbocycles. The summed E-state index contributed by atoms with van der Waals surface area (Å²) in [7, 11) is 0. The number of carbonyl (C=O) groups is 2. The van der Waals surface area contributed by atoms with E-state index in [4.69, 9.17) is 0 Å². The number of carbonyl (C=O) groups excluding carboxylic acids is 2. The Morgan fingerprint density at radius 1 is 0.853 bits per heavy atom. The number of amides is 3. The zero-order valence-corrected chi connectivity index (χ0v) is 19.8. The quantitative estimate of drug-likeness (QED) is 0.611. The van der Waals surface area contributed by atoms with Gasteiger partial charge in [-0.15, -0.1) is 0 Å². The van der Waals surface area contributed by atoms with Gasteiger partial charge in [0.05, 0.1) is 0 Å². The van der Waals surface area contributed by atoms with Crippen molar-refractivity contribution in [1.29, 1.82) is 0 Å². The van der Waals surface area contributed by atoms with E-state index in [0.717, 1.165) is 71.0 Å². The summed E-state index contributed by atoms with van der Waals surface area (Å²) in [5.74, 6) is 0.870. The maximum absolute atomic E-state index is 12.7. The molecule has 9 heteroatoms. The van der Waals surface area contributed by atoms with E-state index >= 15 is 0 Å². The summed E-state index contributed by atoms with van der Waals surface area (Å²) < 4.78 is 0. The average molecular weight is 466 g/mol. The summed E-state index contributed by atoms with van der Waals surface area (Å²) in [6.07, 6.45) is 8.98. The van der Waals surface area contributed by atoms with E-state index in [1.807, 2.05) is 11.0 Å². The van der Waals surface area contributed by atoms with E-state index in [1.54, 1.807) is 36.7 Å². The van der Waals surface area contributed by atoms with Crippen LogP contribution in [0.2, 0.25) is 0 Å². The molecule has 0 aliphatic carbocycles. The number of rotatable bonds is 7. The minimum Gasteiger partial charge on any atom is -0.339 e. The molecule has 182 valence electrons. The van der Waals surface area contributed by atoms with Crippen LogP contribution in [0.5, 0.6) is 0 Å². The number of likely N-dealkylation sites (tertiary alicyclic amines) is 1. The standard InChI is InChI=1S/C25H35N7O2/c33-23(31-15-3-1-2-4-16-31)21-7-9-22(10-8-21)29-25(34)28-13-6-14-30-17-19-32(20-18-30)24-26-11-5-12-27-24/h5,7-12H,1-4,6,13-20H2,(H2,28,29,34). The van der Waals surface area contributed by atoms with Crippen molar-refractivity contribution in [2.45, 2.75) is 32.1 Å². The van der Waals surface area contributed by atoms with Crippen LogP contribution in [0, 0.1) is 0 Å². The number of hydrogen-bond acceptors (Lipinski definition) is 6. The molecule has 34 heavy (non-hydrogen) atoms. The number of hydrogen-bond donors (Lipinski definition) is 2. The van der Waals surface area contributed by atoms with Crippen molar-refractivity contribution in [3.05, 3.63) is 48.3 Å². The predicted molar refractivity (Wildman–Crippen MR) is 133 cm³/mol. The van der Waals surface area contributed by atoms with Crippen LogP contribution in [0.25, 0.3) is 0 Å². The van der Waals surface area contributed by atoms with Crippen LogP contribution in [-0.2, 0) is 0 Å². The Labute approximate surface area is 201 Å². The van der Waals surface area contributed by atoms with Crippen molar-refractivity contribution < 1.29 is 9.59 Å². The minimum atomic E-state index is -0.224. The van der Waals surface area contributed by atoms with Crippen molar-refractivity contribution in [2.75, 3.05) is 62.6 Å². The van der Waals surface area contributed by atoms with Crippen molar-refractivity contribution in [3.8, 4) is 0 Å². The van der Waals surface area contributed by atoms with Crippen molar-refractivity contribution in [2.24, 2.45) is 0 Å². The van der Waals surface area contributed by atoms with Crippen molar-refractivity contribution in [3.63, 3.8) is 0 Å². The third-order valence-electron chi connectivity index (χ3n) is 6.43. The zero-order valence-electron chi connectivity index (χ0n) is 19.8. The molecule has 0 saturated carbocycles. The molecule has 2 fully saturated rings. The third kappa shape index (κ3) is 6.90. The maximum Gasteiger partial charge on any atom is 0.319 e. The van der Waals surface area contributed by atoms with E-state index in [9.17, 15) is 9.59 Å². The molecule has 3 amide bonds. The van der Waals surface area contributed by atoms with E-state index in [0.29, 0.717) is 17.8 Å². The molecule has 2 aliphatic heterocycles. The summed E-state index contributed by atoms with van der Waals surface area (Å²) in [5, 5.41) is 5.77. The average Bonchev–Trinajstić information content (AvgIpc) is 3.17. The highest BCUT2D eigenvalue weighted by Gasteiger charge is 2.19. The van der Waals surface area contributed by atoms with E-state index in [1.165, 1.54) is 12.8 Å². The molecule has 1 aromatic heterocycles. The Balaban J connectivity index is 1.12. The fourth-order valence-electron chi connectivity index (χ4n) is 4.46. The number of nitrogens with one attached hydrogen (secondary N) is 2. The zero-order chi connectivity index (χ0) is 23.6. The Kier molecular flexibility index (Phi) is 8.67. The topological polar surface area (TPSA) is 93.7 Å². The molecule has 3 heterocycles. The van der Waals surface area contributed by atoms with Gasteiger partial charge in [-0.1, -0.05) is 12.8 Å². The second kappa shape index (κ2) is 12.3. The first-order chi connectivity index (χ1) is 16.7. The molecule has 9 nitrogen and oxygen atoms in total. The first kappa shape index (κ1) is 23.9.